The summed E-state index contributed by atoms with van der Waals surface area (Å²) in [4.78, 5) is 12.9. The normalized spacial score (nSPS) is 19.3. The lowest BCUT2D eigenvalue weighted by Crippen LogP contribution is -2.33. The predicted molar refractivity (Wildman–Crippen MR) is 80.9 cm³/mol. The summed E-state index contributed by atoms with van der Waals surface area (Å²) >= 11 is 7.41. The Morgan fingerprint density at radius 1 is 1.53 bits per heavy atom. The van der Waals surface area contributed by atoms with E-state index in [4.69, 9.17) is 11.6 Å². The molecule has 0 radical (unpaired) electrons. The molecule has 1 aliphatic heterocycles. The van der Waals surface area contributed by atoms with E-state index in [1.807, 2.05) is 12.1 Å². The van der Waals surface area contributed by atoms with Gasteiger partial charge in [0.2, 0.25) is 5.91 Å². The lowest BCUT2D eigenvalue weighted by atomic mass is 9.96. The third-order valence-electron chi connectivity index (χ3n) is 3.50. The van der Waals surface area contributed by atoms with Crippen LogP contribution in [0, 0.1) is 5.92 Å². The van der Waals surface area contributed by atoms with Crippen molar-refractivity contribution in [2.24, 2.45) is 5.92 Å². The van der Waals surface area contributed by atoms with Gasteiger partial charge in [-0.15, -0.1) is 11.3 Å². The first-order chi connectivity index (χ1) is 9.24. The maximum Gasteiger partial charge on any atom is 0.220 e. The summed E-state index contributed by atoms with van der Waals surface area (Å²) in [5, 5.41) is 6.41. The van der Waals surface area contributed by atoms with Crippen molar-refractivity contribution in [1.82, 2.24) is 10.6 Å². The van der Waals surface area contributed by atoms with Gasteiger partial charge in [-0.3, -0.25) is 4.79 Å². The second kappa shape index (κ2) is 7.88. The van der Waals surface area contributed by atoms with Crippen LogP contribution in [0.3, 0.4) is 0 Å². The summed E-state index contributed by atoms with van der Waals surface area (Å²) in [6.07, 6.45) is 4.98. The number of halogens is 1. The lowest BCUT2D eigenvalue weighted by Gasteiger charge is -2.22. The molecule has 1 fully saturated rings. The van der Waals surface area contributed by atoms with E-state index in [1.54, 1.807) is 11.3 Å². The van der Waals surface area contributed by atoms with Gasteiger partial charge >= 0.3 is 0 Å². The number of piperidine rings is 1. The summed E-state index contributed by atoms with van der Waals surface area (Å²) < 4.78 is 0.792. The fourth-order valence-corrected chi connectivity index (χ4v) is 3.48. The number of nitrogens with one attached hydrogen (secondary N) is 2. The highest BCUT2D eigenvalue weighted by molar-refractivity contribution is 7.16. The van der Waals surface area contributed by atoms with Gasteiger partial charge in [-0.2, -0.15) is 0 Å². The average molecular weight is 301 g/mol. The molecular weight excluding hydrogens is 280 g/mol. The highest BCUT2D eigenvalue weighted by atomic mass is 35.5. The molecule has 1 aromatic heterocycles. The van der Waals surface area contributed by atoms with Crippen LogP contribution in [-0.4, -0.2) is 25.5 Å². The van der Waals surface area contributed by atoms with Gasteiger partial charge in [-0.25, -0.2) is 0 Å². The molecule has 0 aliphatic carbocycles. The van der Waals surface area contributed by atoms with Crippen LogP contribution in [0.2, 0.25) is 4.34 Å². The van der Waals surface area contributed by atoms with Gasteiger partial charge in [0, 0.05) is 17.8 Å². The molecule has 0 spiro atoms. The third kappa shape index (κ3) is 5.51. The molecule has 3 nitrogen and oxygen atoms in total. The van der Waals surface area contributed by atoms with Crippen LogP contribution in [0.4, 0.5) is 0 Å². The summed E-state index contributed by atoms with van der Waals surface area (Å²) in [6.45, 7) is 3.05. The molecule has 1 amide bonds. The highest BCUT2D eigenvalue weighted by Gasteiger charge is 2.12. The first-order valence-electron chi connectivity index (χ1n) is 6.95. The molecule has 2 rings (SSSR count). The molecule has 19 heavy (non-hydrogen) atoms. The maximum atomic E-state index is 11.7. The largest absolute Gasteiger partial charge is 0.356 e. The van der Waals surface area contributed by atoms with Crippen molar-refractivity contribution in [3.63, 3.8) is 0 Å². The first kappa shape index (κ1) is 14.8. The van der Waals surface area contributed by atoms with Crippen LogP contribution in [0.25, 0.3) is 0 Å². The van der Waals surface area contributed by atoms with Gasteiger partial charge in [0.15, 0.2) is 0 Å². The van der Waals surface area contributed by atoms with Gasteiger partial charge in [-0.1, -0.05) is 11.6 Å². The number of aryl methyl sites for hydroxylation is 1. The Balaban J connectivity index is 1.56. The summed E-state index contributed by atoms with van der Waals surface area (Å²) in [6, 6.07) is 3.88. The van der Waals surface area contributed by atoms with Crippen molar-refractivity contribution >= 4 is 28.8 Å². The maximum absolute atomic E-state index is 11.7. The number of carbonyl (C=O) groups is 1. The van der Waals surface area contributed by atoms with E-state index in [0.717, 1.165) is 42.7 Å². The molecule has 0 aromatic carbocycles. The van der Waals surface area contributed by atoms with Crippen LogP contribution in [0.1, 0.15) is 30.6 Å². The Labute approximate surface area is 123 Å². The van der Waals surface area contributed by atoms with Crippen molar-refractivity contribution in [3.8, 4) is 0 Å². The van der Waals surface area contributed by atoms with Crippen molar-refractivity contribution in [2.75, 3.05) is 19.6 Å². The van der Waals surface area contributed by atoms with Crippen LogP contribution in [-0.2, 0) is 11.2 Å². The zero-order valence-electron chi connectivity index (χ0n) is 11.1. The molecule has 5 heteroatoms. The SMILES string of the molecule is O=C(CCc1ccc(Cl)s1)NCCC1CCCNC1. The van der Waals surface area contributed by atoms with Gasteiger partial charge in [0.1, 0.15) is 0 Å². The second-order valence-electron chi connectivity index (χ2n) is 5.06. The Kier molecular flexibility index (Phi) is 6.14. The van der Waals surface area contributed by atoms with E-state index >= 15 is 0 Å². The average Bonchev–Trinajstić information content (AvgIpc) is 2.83. The third-order valence-corrected chi connectivity index (χ3v) is 4.79. The monoisotopic (exact) mass is 300 g/mol. The smallest absolute Gasteiger partial charge is 0.220 e. The molecule has 1 atom stereocenters. The second-order valence-corrected chi connectivity index (χ2v) is 6.86. The molecule has 1 aromatic rings. The summed E-state index contributed by atoms with van der Waals surface area (Å²) in [7, 11) is 0. The molecule has 1 saturated heterocycles. The standard InChI is InChI=1S/C14H21ClN2OS/c15-13-5-3-12(19-13)4-6-14(18)17-9-7-11-2-1-8-16-10-11/h3,5,11,16H,1-2,4,6-10H2,(H,17,18). The molecule has 0 bridgehead atoms. The number of rotatable bonds is 6. The molecular formula is C14H21ClN2OS. The van der Waals surface area contributed by atoms with Gasteiger partial charge in [0.05, 0.1) is 4.34 Å². The zero-order valence-corrected chi connectivity index (χ0v) is 12.7. The van der Waals surface area contributed by atoms with Crippen molar-refractivity contribution < 1.29 is 4.79 Å². The highest BCUT2D eigenvalue weighted by Crippen LogP contribution is 2.22. The number of hydrogen-bond donors (Lipinski definition) is 2. The van der Waals surface area contributed by atoms with Crippen molar-refractivity contribution in [2.45, 2.75) is 32.1 Å². The van der Waals surface area contributed by atoms with Crippen molar-refractivity contribution in [3.05, 3.63) is 21.3 Å². The molecule has 2 heterocycles. The number of thiophene rings is 1. The van der Waals surface area contributed by atoms with Crippen LogP contribution < -0.4 is 10.6 Å². The van der Waals surface area contributed by atoms with Crippen LogP contribution >= 0.6 is 22.9 Å². The van der Waals surface area contributed by atoms with Gasteiger partial charge in [0.25, 0.3) is 0 Å². The van der Waals surface area contributed by atoms with Crippen LogP contribution in [0.15, 0.2) is 12.1 Å². The summed E-state index contributed by atoms with van der Waals surface area (Å²) in [5.41, 5.74) is 0. The Hall–Kier alpha value is -0.580. The summed E-state index contributed by atoms with van der Waals surface area (Å²) in [5.74, 6) is 0.874. The minimum absolute atomic E-state index is 0.147. The lowest BCUT2D eigenvalue weighted by molar-refractivity contribution is -0.121. The minimum Gasteiger partial charge on any atom is -0.356 e. The molecule has 106 valence electrons. The molecule has 1 unspecified atom stereocenters. The van der Waals surface area contributed by atoms with E-state index in [1.165, 1.54) is 17.7 Å². The van der Waals surface area contributed by atoms with E-state index in [0.29, 0.717) is 6.42 Å². The van der Waals surface area contributed by atoms with Gasteiger partial charge in [-0.05, 0) is 56.8 Å². The number of amides is 1. The van der Waals surface area contributed by atoms with Crippen LogP contribution in [0.5, 0.6) is 0 Å². The topological polar surface area (TPSA) is 41.1 Å². The Morgan fingerprint density at radius 3 is 3.11 bits per heavy atom. The van der Waals surface area contributed by atoms with E-state index < -0.39 is 0 Å². The quantitative estimate of drug-likeness (QED) is 0.848. The molecule has 1 aliphatic rings. The van der Waals surface area contributed by atoms with Crippen molar-refractivity contribution in [1.29, 1.82) is 0 Å². The fourth-order valence-electron chi connectivity index (χ4n) is 2.40. The minimum atomic E-state index is 0.147. The predicted octanol–water partition coefficient (Wildman–Crippen LogP) is 2.84. The van der Waals surface area contributed by atoms with E-state index in [2.05, 4.69) is 10.6 Å². The Bertz CT molecular complexity index is 402. The molecule has 0 saturated carbocycles. The van der Waals surface area contributed by atoms with Gasteiger partial charge < -0.3 is 10.6 Å². The number of hydrogen-bond acceptors (Lipinski definition) is 3. The zero-order chi connectivity index (χ0) is 13.5. The Morgan fingerprint density at radius 2 is 2.42 bits per heavy atom. The van der Waals surface area contributed by atoms with E-state index in [9.17, 15) is 4.79 Å². The molecule has 2 N–H and O–H groups in total. The fraction of sp³-hybridized carbons (Fsp3) is 0.643. The first-order valence-corrected chi connectivity index (χ1v) is 8.15. The van der Waals surface area contributed by atoms with E-state index in [-0.39, 0.29) is 5.91 Å². The number of carbonyl (C=O) groups excluding carboxylic acids is 1.